The zero-order valence-corrected chi connectivity index (χ0v) is 18.6. The van der Waals surface area contributed by atoms with Gasteiger partial charge in [-0.2, -0.15) is 9.40 Å². The Morgan fingerprint density at radius 1 is 1.09 bits per heavy atom. The summed E-state index contributed by atoms with van der Waals surface area (Å²) < 4.78 is 75.3. The zero-order valence-electron chi connectivity index (χ0n) is 17.0. The number of sulfonamides is 1. The van der Waals surface area contributed by atoms with Crippen LogP contribution in [0, 0.1) is 17.5 Å². The van der Waals surface area contributed by atoms with Crippen LogP contribution in [0.4, 0.5) is 13.2 Å². The summed E-state index contributed by atoms with van der Waals surface area (Å²) in [5, 5.41) is 4.66. The standard InChI is InChI=1S/C21H19ClF3N3O3S/c1-27-20-6-7-28(32(29,30)21-9-15(24)4-5-18(21)25)10-16(20)19(26-27)12-31-11-13-2-3-14(23)8-17(13)22/h2-5,8-9H,6-7,10-12H2,1H3. The van der Waals surface area contributed by atoms with Gasteiger partial charge in [0, 0.05) is 42.8 Å². The van der Waals surface area contributed by atoms with Crippen molar-refractivity contribution in [3.8, 4) is 0 Å². The van der Waals surface area contributed by atoms with E-state index in [0.29, 0.717) is 29.3 Å². The van der Waals surface area contributed by atoms with Crippen LogP contribution in [0.2, 0.25) is 5.02 Å². The second-order valence-corrected chi connectivity index (χ2v) is 9.70. The molecule has 11 heteroatoms. The van der Waals surface area contributed by atoms with Crippen molar-refractivity contribution in [1.29, 1.82) is 0 Å². The number of aryl methyl sites for hydroxylation is 1. The van der Waals surface area contributed by atoms with Gasteiger partial charge in [-0.25, -0.2) is 21.6 Å². The molecule has 2 heterocycles. The molecule has 1 aromatic heterocycles. The van der Waals surface area contributed by atoms with Crippen LogP contribution >= 0.6 is 11.6 Å². The van der Waals surface area contributed by atoms with Crippen molar-refractivity contribution in [3.63, 3.8) is 0 Å². The summed E-state index contributed by atoms with van der Waals surface area (Å²) in [4.78, 5) is -0.700. The van der Waals surface area contributed by atoms with E-state index in [-0.39, 0.29) is 31.3 Å². The minimum atomic E-state index is -4.25. The van der Waals surface area contributed by atoms with E-state index in [1.54, 1.807) is 11.7 Å². The molecule has 0 saturated heterocycles. The minimum Gasteiger partial charge on any atom is -0.370 e. The predicted octanol–water partition coefficient (Wildman–Crippen LogP) is 3.95. The van der Waals surface area contributed by atoms with Gasteiger partial charge < -0.3 is 4.74 Å². The first-order valence-corrected chi connectivity index (χ1v) is 11.5. The quantitative estimate of drug-likeness (QED) is 0.530. The number of nitrogens with zero attached hydrogens (tertiary/aromatic N) is 3. The highest BCUT2D eigenvalue weighted by Gasteiger charge is 2.33. The van der Waals surface area contributed by atoms with Gasteiger partial charge in [0.15, 0.2) is 0 Å². The summed E-state index contributed by atoms with van der Waals surface area (Å²) in [6, 6.07) is 6.33. The van der Waals surface area contributed by atoms with Crippen molar-refractivity contribution in [2.24, 2.45) is 7.05 Å². The molecule has 170 valence electrons. The zero-order chi connectivity index (χ0) is 23.0. The second-order valence-electron chi connectivity index (χ2n) is 7.39. The fraction of sp³-hybridized carbons (Fsp3) is 0.286. The first kappa shape index (κ1) is 22.8. The van der Waals surface area contributed by atoms with Crippen molar-refractivity contribution in [2.75, 3.05) is 6.54 Å². The van der Waals surface area contributed by atoms with E-state index >= 15 is 0 Å². The first-order chi connectivity index (χ1) is 15.2. The predicted molar refractivity (Wildman–Crippen MR) is 111 cm³/mol. The molecule has 6 nitrogen and oxygen atoms in total. The van der Waals surface area contributed by atoms with Crippen molar-refractivity contribution >= 4 is 21.6 Å². The number of benzene rings is 2. The van der Waals surface area contributed by atoms with Gasteiger partial charge in [-0.05, 0) is 35.9 Å². The lowest BCUT2D eigenvalue weighted by atomic mass is 10.1. The molecule has 0 fully saturated rings. The monoisotopic (exact) mass is 485 g/mol. The number of aromatic nitrogens is 2. The summed E-state index contributed by atoms with van der Waals surface area (Å²) in [6.45, 7) is 0.244. The van der Waals surface area contributed by atoms with Gasteiger partial charge in [0.05, 0.1) is 18.9 Å². The Balaban J connectivity index is 1.53. The van der Waals surface area contributed by atoms with Crippen molar-refractivity contribution in [1.82, 2.24) is 14.1 Å². The lowest BCUT2D eigenvalue weighted by Gasteiger charge is -2.27. The fourth-order valence-electron chi connectivity index (χ4n) is 3.68. The number of halogens is 4. The molecule has 4 rings (SSSR count). The Hall–Kier alpha value is -2.40. The third kappa shape index (κ3) is 4.40. The molecule has 0 spiro atoms. The van der Waals surface area contributed by atoms with Crippen molar-refractivity contribution in [2.45, 2.75) is 31.1 Å². The summed E-state index contributed by atoms with van der Waals surface area (Å²) in [5.41, 5.74) is 2.63. The Bertz CT molecular complexity index is 1280. The Labute approximate surface area is 188 Å². The molecule has 0 amide bonds. The van der Waals surface area contributed by atoms with Crippen molar-refractivity contribution in [3.05, 3.63) is 81.4 Å². The molecule has 0 bridgehead atoms. The molecule has 0 radical (unpaired) electrons. The van der Waals surface area contributed by atoms with E-state index in [4.69, 9.17) is 16.3 Å². The van der Waals surface area contributed by atoms with Crippen LogP contribution in [-0.4, -0.2) is 29.0 Å². The number of rotatable bonds is 6. The smallest absolute Gasteiger partial charge is 0.246 e. The van der Waals surface area contributed by atoms with Gasteiger partial charge in [0.2, 0.25) is 10.0 Å². The maximum atomic E-state index is 14.1. The van der Waals surface area contributed by atoms with Crippen LogP contribution in [0.15, 0.2) is 41.3 Å². The van der Waals surface area contributed by atoms with Crippen LogP contribution in [0.3, 0.4) is 0 Å². The maximum absolute atomic E-state index is 14.1. The molecule has 0 atom stereocenters. The van der Waals surface area contributed by atoms with Gasteiger partial charge in [0.1, 0.15) is 22.3 Å². The average molecular weight is 486 g/mol. The number of fused-ring (bicyclic) bond motifs is 1. The molecular weight excluding hydrogens is 467 g/mol. The van der Waals surface area contributed by atoms with Gasteiger partial charge in [-0.3, -0.25) is 4.68 Å². The van der Waals surface area contributed by atoms with Crippen LogP contribution in [0.25, 0.3) is 0 Å². The first-order valence-electron chi connectivity index (χ1n) is 9.67. The molecule has 0 unspecified atom stereocenters. The molecule has 0 aliphatic carbocycles. The van der Waals surface area contributed by atoms with Crippen LogP contribution in [0.1, 0.15) is 22.5 Å². The topological polar surface area (TPSA) is 64.4 Å². The number of hydrogen-bond acceptors (Lipinski definition) is 4. The molecule has 32 heavy (non-hydrogen) atoms. The normalized spacial score (nSPS) is 14.5. The second kappa shape index (κ2) is 8.86. The molecule has 3 aromatic rings. The van der Waals surface area contributed by atoms with Gasteiger partial charge in [0.25, 0.3) is 0 Å². The largest absolute Gasteiger partial charge is 0.370 e. The Morgan fingerprint density at radius 3 is 2.56 bits per heavy atom. The summed E-state index contributed by atoms with van der Waals surface area (Å²) in [5.74, 6) is -2.30. The van der Waals surface area contributed by atoms with E-state index in [9.17, 15) is 21.6 Å². The summed E-state index contributed by atoms with van der Waals surface area (Å²) >= 11 is 6.01. The molecule has 2 aromatic carbocycles. The van der Waals surface area contributed by atoms with Crippen LogP contribution in [0.5, 0.6) is 0 Å². The van der Waals surface area contributed by atoms with Gasteiger partial charge in [-0.15, -0.1) is 0 Å². The molecule has 0 N–H and O–H groups in total. The average Bonchev–Trinajstić information content (AvgIpc) is 3.06. The fourth-order valence-corrected chi connectivity index (χ4v) is 5.38. The lowest BCUT2D eigenvalue weighted by molar-refractivity contribution is 0.103. The third-order valence-electron chi connectivity index (χ3n) is 5.31. The number of hydrogen-bond donors (Lipinski definition) is 0. The summed E-state index contributed by atoms with van der Waals surface area (Å²) in [6.07, 6.45) is 0.360. The molecular formula is C21H19ClF3N3O3S. The van der Waals surface area contributed by atoms with E-state index in [0.717, 1.165) is 22.1 Å². The Kier molecular flexibility index (Phi) is 6.30. The molecule has 0 saturated carbocycles. The SMILES string of the molecule is Cn1nc(COCc2ccc(F)cc2Cl)c2c1CCN(S(=O)(=O)c1cc(F)ccc1F)C2. The maximum Gasteiger partial charge on any atom is 0.246 e. The highest BCUT2D eigenvalue weighted by Crippen LogP contribution is 2.29. The minimum absolute atomic E-state index is 0.0442. The van der Waals surface area contributed by atoms with Crippen LogP contribution < -0.4 is 0 Å². The highest BCUT2D eigenvalue weighted by atomic mass is 35.5. The highest BCUT2D eigenvalue weighted by molar-refractivity contribution is 7.89. The lowest BCUT2D eigenvalue weighted by Crippen LogP contribution is -2.37. The van der Waals surface area contributed by atoms with Gasteiger partial charge in [-0.1, -0.05) is 17.7 Å². The van der Waals surface area contributed by atoms with E-state index in [1.807, 2.05) is 0 Å². The van der Waals surface area contributed by atoms with Crippen LogP contribution in [-0.2, 0) is 48.0 Å². The van der Waals surface area contributed by atoms with Gasteiger partial charge >= 0.3 is 0 Å². The van der Waals surface area contributed by atoms with E-state index < -0.39 is 32.4 Å². The summed E-state index contributed by atoms with van der Waals surface area (Å²) in [7, 11) is -2.51. The van der Waals surface area contributed by atoms with E-state index in [1.165, 1.54) is 18.2 Å². The Morgan fingerprint density at radius 2 is 1.81 bits per heavy atom. The van der Waals surface area contributed by atoms with Crippen molar-refractivity contribution < 1.29 is 26.3 Å². The van der Waals surface area contributed by atoms with E-state index in [2.05, 4.69) is 5.10 Å². The third-order valence-corrected chi connectivity index (χ3v) is 7.53. The number of ether oxygens (including phenoxy) is 1. The molecule has 1 aliphatic heterocycles. The molecule has 1 aliphatic rings.